The number of hydrogen-bond acceptors (Lipinski definition) is 10. The summed E-state index contributed by atoms with van der Waals surface area (Å²) in [7, 11) is 0. The minimum Gasteiger partial charge on any atom is -0.369 e. The number of pyridine rings is 1. The van der Waals surface area contributed by atoms with E-state index in [2.05, 4.69) is 101 Å². The van der Waals surface area contributed by atoms with E-state index in [0.717, 1.165) is 89.1 Å². The molecule has 6 aromatic rings. The highest BCUT2D eigenvalue weighted by Crippen LogP contribution is 2.41. The topological polar surface area (TPSA) is 162 Å². The fourth-order valence-electron chi connectivity index (χ4n) is 8.93. The van der Waals surface area contributed by atoms with Gasteiger partial charge in [0.2, 0.25) is 17.7 Å². The molecule has 0 unspecified atom stereocenters. The van der Waals surface area contributed by atoms with Crippen LogP contribution in [0.4, 0.5) is 5.69 Å². The maximum Gasteiger partial charge on any atom is 0.293 e. The third kappa shape index (κ3) is 7.81. The van der Waals surface area contributed by atoms with E-state index in [9.17, 15) is 14.4 Å². The van der Waals surface area contributed by atoms with Gasteiger partial charge in [-0.2, -0.15) is 10.1 Å². The largest absolute Gasteiger partial charge is 0.369 e. The van der Waals surface area contributed by atoms with Crippen molar-refractivity contribution in [3.8, 4) is 22.4 Å². The number of piperazine rings is 1. The summed E-state index contributed by atoms with van der Waals surface area (Å²) in [6, 6.07) is 25.9. The first kappa shape index (κ1) is 39.3. The predicted molar refractivity (Wildman–Crippen MR) is 229 cm³/mol. The van der Waals surface area contributed by atoms with Gasteiger partial charge in [-0.3, -0.25) is 29.7 Å². The maximum absolute atomic E-state index is 12.9. The van der Waals surface area contributed by atoms with E-state index in [4.69, 9.17) is 9.51 Å². The molecule has 308 valence electrons. The second-order valence-corrected chi connectivity index (χ2v) is 17.7. The van der Waals surface area contributed by atoms with Crippen molar-refractivity contribution in [3.63, 3.8) is 0 Å². The Bertz CT molecular complexity index is 2560. The Labute approximate surface area is 349 Å². The summed E-state index contributed by atoms with van der Waals surface area (Å²) in [4.78, 5) is 50.9. The molecule has 13 heteroatoms. The van der Waals surface area contributed by atoms with Crippen LogP contribution in [0.3, 0.4) is 0 Å². The van der Waals surface area contributed by atoms with Crippen LogP contribution in [0.5, 0.6) is 0 Å². The Morgan fingerprint density at radius 1 is 0.900 bits per heavy atom. The van der Waals surface area contributed by atoms with Gasteiger partial charge in [-0.05, 0) is 91.1 Å². The Balaban J connectivity index is 0.794. The smallest absolute Gasteiger partial charge is 0.293 e. The Kier molecular flexibility index (Phi) is 10.3. The normalized spacial score (nSPS) is 20.5. The number of imide groups is 1. The molecule has 5 heterocycles. The molecule has 3 aromatic heterocycles. The van der Waals surface area contributed by atoms with Crippen LogP contribution in [-0.4, -0.2) is 80.2 Å². The summed E-state index contributed by atoms with van der Waals surface area (Å²) >= 11 is 0. The Morgan fingerprint density at radius 3 is 2.30 bits per heavy atom. The lowest BCUT2D eigenvalue weighted by atomic mass is 9.74. The van der Waals surface area contributed by atoms with Crippen molar-refractivity contribution < 1.29 is 18.9 Å². The molecule has 60 heavy (non-hydrogen) atoms. The number of anilines is 1. The summed E-state index contributed by atoms with van der Waals surface area (Å²) in [5.41, 5.74) is 9.85. The minimum absolute atomic E-state index is 0.0231. The number of H-pyrrole nitrogens is 1. The van der Waals surface area contributed by atoms with E-state index in [1.807, 2.05) is 52.9 Å². The first-order valence-electron chi connectivity index (χ1n) is 21.0. The molecule has 3 aromatic carbocycles. The van der Waals surface area contributed by atoms with Crippen LogP contribution in [0.1, 0.15) is 110 Å². The van der Waals surface area contributed by atoms with Crippen molar-refractivity contribution >= 4 is 34.4 Å². The average Bonchev–Trinajstić information content (AvgIpc) is 3.90. The molecule has 3 N–H and O–H groups in total. The molecule has 13 nitrogen and oxygen atoms in total. The number of benzene rings is 3. The number of aromatic amines is 1. The molecule has 0 spiro atoms. The molecular formula is C47H51N9O4. The van der Waals surface area contributed by atoms with Gasteiger partial charge in [0, 0.05) is 72.5 Å². The molecule has 3 fully saturated rings. The number of nitrogens with one attached hydrogen (secondary N) is 3. The van der Waals surface area contributed by atoms with E-state index >= 15 is 0 Å². The van der Waals surface area contributed by atoms with E-state index in [-0.39, 0.29) is 40.9 Å². The molecule has 1 aliphatic carbocycles. The molecule has 9 rings (SSSR count). The van der Waals surface area contributed by atoms with Crippen molar-refractivity contribution in [2.24, 2.45) is 0 Å². The van der Waals surface area contributed by atoms with Gasteiger partial charge in [0.15, 0.2) is 5.65 Å². The second kappa shape index (κ2) is 15.8. The molecular weight excluding hydrogens is 755 g/mol. The first-order valence-corrected chi connectivity index (χ1v) is 21.0. The highest BCUT2D eigenvalue weighted by Gasteiger charge is 2.36. The monoisotopic (exact) mass is 805 g/mol. The van der Waals surface area contributed by atoms with Crippen molar-refractivity contribution in [2.45, 2.75) is 89.6 Å². The van der Waals surface area contributed by atoms with Gasteiger partial charge in [0.25, 0.3) is 11.7 Å². The molecule has 2 aliphatic heterocycles. The van der Waals surface area contributed by atoms with Crippen molar-refractivity contribution in [1.29, 1.82) is 0 Å². The SMILES string of the molecule is Cc1cc(-c2n[nH]c3ncc(-c4ccc(N5CCN([C@H]6C[C@@H](c7ccc([C@H]8CCC(=O)NC8=O)cc7)C6)CC5)cc4)cc23)ccc1[C@@H](C)NC(=O)c1noc(C(C)(C)C)n1. The third-order valence-electron chi connectivity index (χ3n) is 12.6. The standard InChI is InChI=1S/C47H51N9O4/c1-27-22-32(12-15-37(27)28(2)49-45(59)43-51-46(60-54-43)47(3,4)5)41-39-25-34(26-48-42(39)53-52-41)30-10-13-35(14-11-30)55-18-20-56(21-19-55)36-23-33(24-36)29-6-8-31(9-7-29)38-16-17-40(57)50-44(38)58/h6-15,22,25-26,28,33,36,38H,16-21,23-24H2,1-5H3,(H,49,59)(H,48,52,53)(H,50,57,58)/t28-,33-,36+,38-/m1/s1. The van der Waals surface area contributed by atoms with Crippen molar-refractivity contribution in [2.75, 3.05) is 31.1 Å². The van der Waals surface area contributed by atoms with E-state index in [1.54, 1.807) is 0 Å². The highest BCUT2D eigenvalue weighted by molar-refractivity contribution is 6.01. The number of rotatable bonds is 9. The average molecular weight is 806 g/mol. The van der Waals surface area contributed by atoms with E-state index in [0.29, 0.717) is 30.7 Å². The van der Waals surface area contributed by atoms with Gasteiger partial charge in [-0.1, -0.05) is 74.5 Å². The number of carbonyl (C=O) groups excluding carboxylic acids is 3. The van der Waals surface area contributed by atoms with Gasteiger partial charge < -0.3 is 14.7 Å². The predicted octanol–water partition coefficient (Wildman–Crippen LogP) is 7.36. The lowest BCUT2D eigenvalue weighted by Crippen LogP contribution is -2.53. The number of nitrogens with zero attached hydrogens (tertiary/aromatic N) is 6. The quantitative estimate of drug-likeness (QED) is 0.126. The van der Waals surface area contributed by atoms with Crippen LogP contribution in [0.15, 0.2) is 83.5 Å². The van der Waals surface area contributed by atoms with Crippen LogP contribution in [-0.2, 0) is 15.0 Å². The molecule has 0 bridgehead atoms. The fraction of sp³-hybridized carbons (Fsp3) is 0.383. The summed E-state index contributed by atoms with van der Waals surface area (Å²) < 4.78 is 5.31. The van der Waals surface area contributed by atoms with Crippen molar-refractivity contribution in [3.05, 3.63) is 113 Å². The molecule has 3 amide bonds. The number of piperidine rings is 1. The van der Waals surface area contributed by atoms with Crippen molar-refractivity contribution in [1.82, 2.24) is 40.9 Å². The maximum atomic E-state index is 12.9. The highest BCUT2D eigenvalue weighted by atomic mass is 16.5. The summed E-state index contributed by atoms with van der Waals surface area (Å²) in [6.07, 6.45) is 5.20. The second-order valence-electron chi connectivity index (χ2n) is 17.7. The van der Waals surface area contributed by atoms with Gasteiger partial charge in [-0.15, -0.1) is 0 Å². The lowest BCUT2D eigenvalue weighted by Gasteiger charge is -2.47. The summed E-state index contributed by atoms with van der Waals surface area (Å²) in [5.74, 6) is 0.0240. The number of amides is 3. The van der Waals surface area contributed by atoms with Crippen LogP contribution >= 0.6 is 0 Å². The number of aromatic nitrogens is 5. The van der Waals surface area contributed by atoms with Gasteiger partial charge in [0.05, 0.1) is 12.0 Å². The molecule has 1 saturated carbocycles. The number of hydrogen-bond donors (Lipinski definition) is 3. The third-order valence-corrected chi connectivity index (χ3v) is 12.6. The van der Waals surface area contributed by atoms with Crippen LogP contribution in [0, 0.1) is 6.92 Å². The number of aryl methyl sites for hydroxylation is 1. The summed E-state index contributed by atoms with van der Waals surface area (Å²) in [5, 5.41) is 18.1. The van der Waals surface area contributed by atoms with E-state index < -0.39 is 0 Å². The Hall–Kier alpha value is -6.21. The van der Waals surface area contributed by atoms with Crippen LogP contribution < -0.4 is 15.5 Å². The number of carbonyl (C=O) groups is 3. The zero-order chi connectivity index (χ0) is 41.7. The number of fused-ring (bicyclic) bond motifs is 1. The van der Waals surface area contributed by atoms with Gasteiger partial charge in [-0.25, -0.2) is 4.98 Å². The molecule has 2 atom stereocenters. The zero-order valence-electron chi connectivity index (χ0n) is 34.8. The van der Waals surface area contributed by atoms with Crippen LogP contribution in [0.2, 0.25) is 0 Å². The summed E-state index contributed by atoms with van der Waals surface area (Å²) in [6.45, 7) is 13.9. The Morgan fingerprint density at radius 2 is 1.62 bits per heavy atom. The molecule has 0 radical (unpaired) electrons. The molecule has 3 aliphatic rings. The molecule has 2 saturated heterocycles. The lowest BCUT2D eigenvalue weighted by molar-refractivity contribution is -0.134. The van der Waals surface area contributed by atoms with E-state index in [1.165, 1.54) is 11.3 Å². The fourth-order valence-corrected chi connectivity index (χ4v) is 8.93. The van der Waals surface area contributed by atoms with Crippen LogP contribution in [0.25, 0.3) is 33.4 Å². The van der Waals surface area contributed by atoms with Gasteiger partial charge >= 0.3 is 0 Å². The minimum atomic E-state index is -0.383. The van der Waals surface area contributed by atoms with Gasteiger partial charge in [0.1, 0.15) is 5.69 Å². The first-order chi connectivity index (χ1) is 28.9. The zero-order valence-corrected chi connectivity index (χ0v) is 34.8.